The predicted octanol–water partition coefficient (Wildman–Crippen LogP) is 3.31. The van der Waals surface area contributed by atoms with E-state index in [4.69, 9.17) is 24.5 Å². The van der Waals surface area contributed by atoms with E-state index in [2.05, 4.69) is 24.1 Å². The summed E-state index contributed by atoms with van der Waals surface area (Å²) in [6.45, 7) is 9.47. The Bertz CT molecular complexity index is 1050. The summed E-state index contributed by atoms with van der Waals surface area (Å²) in [6, 6.07) is 16.3. The fourth-order valence-corrected chi connectivity index (χ4v) is 4.38. The highest BCUT2D eigenvalue weighted by Crippen LogP contribution is 2.16. The number of nitrogens with zero attached hydrogens (tertiary/aromatic N) is 2. The third kappa shape index (κ3) is 11.4. The van der Waals surface area contributed by atoms with Gasteiger partial charge in [0.05, 0.1) is 0 Å². The van der Waals surface area contributed by atoms with Crippen LogP contribution in [-0.4, -0.2) is 89.1 Å². The largest absolute Gasteiger partial charge is 0.492 e. The van der Waals surface area contributed by atoms with E-state index in [1.54, 1.807) is 12.1 Å². The van der Waals surface area contributed by atoms with Crippen LogP contribution in [0.4, 0.5) is 0 Å². The molecule has 0 radical (unpaired) electrons. The van der Waals surface area contributed by atoms with Gasteiger partial charge in [0.25, 0.3) is 5.91 Å². The van der Waals surface area contributed by atoms with Crippen molar-refractivity contribution in [3.8, 4) is 5.75 Å². The van der Waals surface area contributed by atoms with E-state index in [9.17, 15) is 9.59 Å². The second-order valence-electron chi connectivity index (χ2n) is 9.57. The number of aliphatic carboxylic acids is 2. The summed E-state index contributed by atoms with van der Waals surface area (Å²) in [5.41, 5.74) is 1.55. The maximum Gasteiger partial charge on any atom is 0.414 e. The van der Waals surface area contributed by atoms with E-state index in [0.29, 0.717) is 31.7 Å². The van der Waals surface area contributed by atoms with Gasteiger partial charge in [0.15, 0.2) is 0 Å². The van der Waals surface area contributed by atoms with Gasteiger partial charge < -0.3 is 25.2 Å². The van der Waals surface area contributed by atoms with Gasteiger partial charge in [-0.15, -0.1) is 0 Å². The van der Waals surface area contributed by atoms with Crippen molar-refractivity contribution in [3.05, 3.63) is 65.7 Å². The Hall–Kier alpha value is -3.92. The van der Waals surface area contributed by atoms with Gasteiger partial charge in [-0.2, -0.15) is 0 Å². The van der Waals surface area contributed by atoms with Crippen molar-refractivity contribution in [3.63, 3.8) is 0 Å². The van der Waals surface area contributed by atoms with E-state index in [1.807, 2.05) is 47.4 Å². The third-order valence-electron chi connectivity index (χ3n) is 6.36. The first-order chi connectivity index (χ1) is 19.2. The summed E-state index contributed by atoms with van der Waals surface area (Å²) < 4.78 is 5.91. The number of carboxylic acid groups (broad SMARTS) is 2. The van der Waals surface area contributed by atoms with Crippen LogP contribution < -0.4 is 10.1 Å². The third-order valence-corrected chi connectivity index (χ3v) is 6.36. The number of hydrogen-bond acceptors (Lipinski definition) is 6. The topological polar surface area (TPSA) is 136 Å². The van der Waals surface area contributed by atoms with Gasteiger partial charge in [0.1, 0.15) is 18.4 Å². The molecule has 3 N–H and O–H groups in total. The minimum Gasteiger partial charge on any atom is -0.492 e. The summed E-state index contributed by atoms with van der Waals surface area (Å²) in [6.07, 6.45) is 4.77. The van der Waals surface area contributed by atoms with Crippen LogP contribution in [0.5, 0.6) is 5.75 Å². The van der Waals surface area contributed by atoms with Crippen LogP contribution in [0.15, 0.2) is 54.6 Å². The van der Waals surface area contributed by atoms with Gasteiger partial charge >= 0.3 is 11.9 Å². The molecule has 2 amide bonds. The van der Waals surface area contributed by atoms with Crippen molar-refractivity contribution >= 4 is 23.8 Å². The van der Waals surface area contributed by atoms with Gasteiger partial charge in [-0.05, 0) is 68.6 Å². The van der Waals surface area contributed by atoms with Crippen LogP contribution in [0, 0.1) is 0 Å². The molecule has 0 saturated carbocycles. The molecule has 1 aliphatic heterocycles. The number of carbonyl (C=O) groups is 4. The summed E-state index contributed by atoms with van der Waals surface area (Å²) in [4.78, 5) is 48.8. The van der Waals surface area contributed by atoms with Crippen molar-refractivity contribution < 1.29 is 34.1 Å². The first kappa shape index (κ1) is 32.3. The van der Waals surface area contributed by atoms with E-state index in [0.717, 1.165) is 30.7 Å². The molecule has 0 bridgehead atoms. The number of hydrogen-bond donors (Lipinski definition) is 3. The van der Waals surface area contributed by atoms with E-state index >= 15 is 0 Å². The lowest BCUT2D eigenvalue weighted by atomic mass is 10.0. The molecule has 0 aliphatic carbocycles. The fraction of sp³-hybridized carbons (Fsp3) is 0.467. The minimum absolute atomic E-state index is 0.0288. The van der Waals surface area contributed by atoms with Crippen molar-refractivity contribution in [1.29, 1.82) is 0 Å². The van der Waals surface area contributed by atoms with Crippen molar-refractivity contribution in [2.24, 2.45) is 0 Å². The Morgan fingerprint density at radius 2 is 1.48 bits per heavy atom. The summed E-state index contributed by atoms with van der Waals surface area (Å²) in [5.74, 6) is -3.07. The summed E-state index contributed by atoms with van der Waals surface area (Å²) in [5, 5.41) is 17.8. The second-order valence-corrected chi connectivity index (χ2v) is 9.57. The highest BCUT2D eigenvalue weighted by molar-refractivity contribution is 6.27. The SMILES string of the molecule is CCCN(CCC)C(=O)C(Cc1ccc(OCCN2CCCC2)cc1)NC(=O)c1ccccc1.O=C(O)C(=O)O. The molecule has 40 heavy (non-hydrogen) atoms. The lowest BCUT2D eigenvalue weighted by Gasteiger charge is -2.27. The molecule has 1 saturated heterocycles. The average molecular weight is 556 g/mol. The summed E-state index contributed by atoms with van der Waals surface area (Å²) >= 11 is 0. The Morgan fingerprint density at radius 1 is 0.900 bits per heavy atom. The van der Waals surface area contributed by atoms with Crippen molar-refractivity contribution in [1.82, 2.24) is 15.1 Å². The first-order valence-electron chi connectivity index (χ1n) is 13.8. The van der Waals surface area contributed by atoms with Crippen LogP contribution in [0.25, 0.3) is 0 Å². The number of benzene rings is 2. The van der Waals surface area contributed by atoms with E-state index in [1.165, 1.54) is 25.9 Å². The number of carboxylic acids is 2. The number of rotatable bonds is 13. The van der Waals surface area contributed by atoms with Crippen LogP contribution in [-0.2, 0) is 20.8 Å². The molecule has 1 aliphatic rings. The van der Waals surface area contributed by atoms with Gasteiger partial charge in [-0.25, -0.2) is 9.59 Å². The molecule has 218 valence electrons. The van der Waals surface area contributed by atoms with Gasteiger partial charge in [0, 0.05) is 31.6 Å². The number of nitrogens with one attached hydrogen (secondary N) is 1. The lowest BCUT2D eigenvalue weighted by molar-refractivity contribution is -0.159. The van der Waals surface area contributed by atoms with Gasteiger partial charge in [-0.1, -0.05) is 44.2 Å². The number of carbonyl (C=O) groups excluding carboxylic acids is 2. The quantitative estimate of drug-likeness (QED) is 0.320. The zero-order chi connectivity index (χ0) is 29.3. The summed E-state index contributed by atoms with van der Waals surface area (Å²) in [7, 11) is 0. The molecule has 0 aromatic heterocycles. The molecule has 0 spiro atoms. The van der Waals surface area contributed by atoms with Gasteiger partial charge in [-0.3, -0.25) is 14.5 Å². The molecule has 10 heteroatoms. The van der Waals surface area contributed by atoms with Crippen LogP contribution in [0.3, 0.4) is 0 Å². The number of ether oxygens (including phenoxy) is 1. The van der Waals surface area contributed by atoms with E-state index < -0.39 is 18.0 Å². The highest BCUT2D eigenvalue weighted by atomic mass is 16.5. The molecule has 3 rings (SSSR count). The number of likely N-dealkylation sites (tertiary alicyclic amines) is 1. The average Bonchev–Trinajstić information content (AvgIpc) is 3.47. The Balaban J connectivity index is 0.000000840. The molecule has 2 aromatic rings. The molecule has 2 aromatic carbocycles. The molecule has 10 nitrogen and oxygen atoms in total. The normalized spacial score (nSPS) is 13.4. The Labute approximate surface area is 235 Å². The van der Waals surface area contributed by atoms with E-state index in [-0.39, 0.29) is 11.8 Å². The smallest absolute Gasteiger partial charge is 0.414 e. The molecule has 1 unspecified atom stereocenters. The maximum absolute atomic E-state index is 13.4. The molecular weight excluding hydrogens is 514 g/mol. The lowest BCUT2D eigenvalue weighted by Crippen LogP contribution is -2.50. The first-order valence-corrected chi connectivity index (χ1v) is 13.8. The van der Waals surface area contributed by atoms with Crippen LogP contribution in [0.1, 0.15) is 55.5 Å². The Kier molecular flexibility index (Phi) is 14.2. The monoisotopic (exact) mass is 555 g/mol. The zero-order valence-electron chi connectivity index (χ0n) is 23.4. The zero-order valence-corrected chi connectivity index (χ0v) is 23.4. The van der Waals surface area contributed by atoms with Crippen molar-refractivity contribution in [2.45, 2.75) is 52.0 Å². The molecule has 1 atom stereocenters. The second kappa shape index (κ2) is 17.6. The molecular formula is C30H41N3O7. The molecule has 1 heterocycles. The minimum atomic E-state index is -1.82. The molecule has 1 fully saturated rings. The standard InChI is InChI=1S/C28H39N3O3.C2H2O4/c1-3-16-31(17-4-2)28(33)26(29-27(32)24-10-6-5-7-11-24)22-23-12-14-25(15-13-23)34-21-20-30-18-8-9-19-30;3-1(4)2(5)6/h5-7,10-15,26H,3-4,8-9,16-22H2,1-2H3,(H,29,32);(H,3,4)(H,5,6). The fourth-order valence-electron chi connectivity index (χ4n) is 4.38. The number of amides is 2. The maximum atomic E-state index is 13.4. The van der Waals surface area contributed by atoms with Crippen molar-refractivity contribution in [2.75, 3.05) is 39.3 Å². The Morgan fingerprint density at radius 3 is 2.00 bits per heavy atom. The predicted molar refractivity (Wildman–Crippen MR) is 151 cm³/mol. The highest BCUT2D eigenvalue weighted by Gasteiger charge is 2.26. The van der Waals surface area contributed by atoms with Crippen LogP contribution >= 0.6 is 0 Å². The van der Waals surface area contributed by atoms with Crippen LogP contribution in [0.2, 0.25) is 0 Å². The van der Waals surface area contributed by atoms with Gasteiger partial charge in [0.2, 0.25) is 5.91 Å².